The fourth-order valence-corrected chi connectivity index (χ4v) is 3.25. The molecule has 0 bridgehead atoms. The second kappa shape index (κ2) is 3.89. The summed E-state index contributed by atoms with van der Waals surface area (Å²) in [6.45, 7) is 13.8. The molecule has 2 fully saturated rings. The minimum absolute atomic E-state index is 0.464. The van der Waals surface area contributed by atoms with Crippen molar-refractivity contribution < 1.29 is 0 Å². The molecule has 0 amide bonds. The zero-order chi connectivity index (χ0) is 12.0. The normalized spacial score (nSPS) is 38.0. The van der Waals surface area contributed by atoms with Crippen LogP contribution in [0.15, 0.2) is 12.2 Å². The van der Waals surface area contributed by atoms with Crippen molar-refractivity contribution in [2.24, 2.45) is 22.7 Å². The third-order valence-electron chi connectivity index (χ3n) is 4.94. The molecule has 0 aromatic rings. The van der Waals surface area contributed by atoms with Crippen LogP contribution in [-0.4, -0.2) is 0 Å². The third-order valence-corrected chi connectivity index (χ3v) is 4.94. The predicted octanol–water partition coefficient (Wildman–Crippen LogP) is 5.20. The number of hydrogen-bond donors (Lipinski definition) is 0. The van der Waals surface area contributed by atoms with Crippen molar-refractivity contribution in [3.63, 3.8) is 0 Å². The maximum Gasteiger partial charge on any atom is -0.0203 e. The van der Waals surface area contributed by atoms with Crippen LogP contribution in [0.5, 0.6) is 0 Å². The van der Waals surface area contributed by atoms with Crippen molar-refractivity contribution in [2.45, 2.75) is 66.2 Å². The van der Waals surface area contributed by atoms with Gasteiger partial charge in [-0.05, 0) is 61.2 Å². The number of fused-ring (bicyclic) bond motifs is 1. The van der Waals surface area contributed by atoms with Crippen LogP contribution in [0.3, 0.4) is 0 Å². The van der Waals surface area contributed by atoms with Gasteiger partial charge in [0.05, 0.1) is 0 Å². The molecule has 0 heteroatoms. The quantitative estimate of drug-likeness (QED) is 0.574. The van der Waals surface area contributed by atoms with Crippen molar-refractivity contribution in [3.05, 3.63) is 12.2 Å². The summed E-state index contributed by atoms with van der Waals surface area (Å²) < 4.78 is 0. The van der Waals surface area contributed by atoms with Crippen molar-refractivity contribution in [3.8, 4) is 0 Å². The van der Waals surface area contributed by atoms with Crippen molar-refractivity contribution >= 4 is 0 Å². The Morgan fingerprint density at radius 1 is 1.38 bits per heavy atom. The van der Waals surface area contributed by atoms with Gasteiger partial charge in [0.25, 0.3) is 0 Å². The van der Waals surface area contributed by atoms with E-state index in [0.717, 1.165) is 17.3 Å². The van der Waals surface area contributed by atoms with E-state index in [1.54, 1.807) is 5.57 Å². The van der Waals surface area contributed by atoms with E-state index >= 15 is 0 Å². The van der Waals surface area contributed by atoms with Crippen LogP contribution in [0.1, 0.15) is 66.2 Å². The topological polar surface area (TPSA) is 0 Å². The van der Waals surface area contributed by atoms with Crippen molar-refractivity contribution in [2.75, 3.05) is 0 Å². The molecule has 2 aliphatic rings. The van der Waals surface area contributed by atoms with Crippen molar-refractivity contribution in [1.29, 1.82) is 0 Å². The average Bonchev–Trinajstić information content (AvgIpc) is 2.83. The Morgan fingerprint density at radius 3 is 2.62 bits per heavy atom. The van der Waals surface area contributed by atoms with Crippen LogP contribution in [0, 0.1) is 22.7 Å². The summed E-state index contributed by atoms with van der Waals surface area (Å²) in [6.07, 6.45) is 8.35. The first-order chi connectivity index (χ1) is 7.30. The molecule has 0 N–H and O–H groups in total. The number of hydrogen-bond acceptors (Lipinski definition) is 0. The summed E-state index contributed by atoms with van der Waals surface area (Å²) in [7, 11) is 0. The molecule has 0 spiro atoms. The van der Waals surface area contributed by atoms with E-state index in [1.165, 1.54) is 38.5 Å². The lowest BCUT2D eigenvalue weighted by Crippen LogP contribution is -2.16. The molecule has 0 radical (unpaired) electrons. The van der Waals surface area contributed by atoms with Gasteiger partial charge in [0, 0.05) is 0 Å². The molecule has 16 heavy (non-hydrogen) atoms. The Kier molecular flexibility index (Phi) is 2.97. The van der Waals surface area contributed by atoms with Crippen LogP contribution in [0.2, 0.25) is 0 Å². The summed E-state index contributed by atoms with van der Waals surface area (Å²) in [5, 5.41) is 0. The highest BCUT2D eigenvalue weighted by molar-refractivity contribution is 5.11. The summed E-state index contributed by atoms with van der Waals surface area (Å²) in [4.78, 5) is 0. The van der Waals surface area contributed by atoms with E-state index in [9.17, 15) is 0 Å². The smallest absolute Gasteiger partial charge is 0.0203 e. The Bertz CT molecular complexity index is 281. The number of allylic oxidation sites excluding steroid dienone is 1. The van der Waals surface area contributed by atoms with E-state index < -0.39 is 0 Å². The minimum Gasteiger partial charge on any atom is -0.0996 e. The van der Waals surface area contributed by atoms with Gasteiger partial charge in [0.2, 0.25) is 0 Å². The highest BCUT2D eigenvalue weighted by Crippen LogP contribution is 2.63. The molecule has 2 rings (SSSR count). The van der Waals surface area contributed by atoms with Gasteiger partial charge in [0.15, 0.2) is 0 Å². The zero-order valence-corrected chi connectivity index (χ0v) is 11.6. The first kappa shape index (κ1) is 12.2. The van der Waals surface area contributed by atoms with Gasteiger partial charge in [-0.2, -0.15) is 0 Å². The van der Waals surface area contributed by atoms with Crippen LogP contribution >= 0.6 is 0 Å². The molecule has 0 aliphatic heterocycles. The lowest BCUT2D eigenvalue weighted by atomic mass is 9.77. The van der Waals surface area contributed by atoms with Crippen LogP contribution in [0.4, 0.5) is 0 Å². The maximum atomic E-state index is 4.36. The number of rotatable bonds is 3. The van der Waals surface area contributed by atoms with E-state index in [4.69, 9.17) is 0 Å². The monoisotopic (exact) mass is 220 g/mol. The molecule has 2 aliphatic carbocycles. The molecule has 3 unspecified atom stereocenters. The van der Waals surface area contributed by atoms with Gasteiger partial charge in [0.1, 0.15) is 0 Å². The Balaban J connectivity index is 1.78. The Morgan fingerprint density at radius 2 is 2.06 bits per heavy atom. The highest BCUT2D eigenvalue weighted by atomic mass is 14.6. The summed E-state index contributed by atoms with van der Waals surface area (Å²) in [6, 6.07) is 0. The largest absolute Gasteiger partial charge is 0.0996 e. The lowest BCUT2D eigenvalue weighted by molar-refractivity contribution is 0.294. The minimum atomic E-state index is 0.464. The van der Waals surface area contributed by atoms with E-state index in [2.05, 4.69) is 34.3 Å². The summed E-state index contributed by atoms with van der Waals surface area (Å²) in [5.41, 5.74) is 2.76. The van der Waals surface area contributed by atoms with E-state index in [-0.39, 0.29) is 0 Å². The zero-order valence-electron chi connectivity index (χ0n) is 11.6. The molecule has 2 saturated carbocycles. The van der Waals surface area contributed by atoms with Crippen LogP contribution in [0.25, 0.3) is 0 Å². The predicted molar refractivity (Wildman–Crippen MR) is 71.4 cm³/mol. The first-order valence-electron chi connectivity index (χ1n) is 6.98. The van der Waals surface area contributed by atoms with E-state index in [1.807, 2.05) is 0 Å². The molecular formula is C16H28. The fourth-order valence-electron chi connectivity index (χ4n) is 3.25. The van der Waals surface area contributed by atoms with Gasteiger partial charge >= 0.3 is 0 Å². The SMILES string of the molecule is C=C(CCC(C)(C)C)C1CCC2(C)CC2C1. The molecule has 0 heterocycles. The molecule has 0 aromatic heterocycles. The summed E-state index contributed by atoms with van der Waals surface area (Å²) >= 11 is 0. The van der Waals surface area contributed by atoms with Gasteiger partial charge in [-0.15, -0.1) is 0 Å². The van der Waals surface area contributed by atoms with Gasteiger partial charge in [-0.1, -0.05) is 39.8 Å². The standard InChI is InChI=1S/C16H28/c1-12(6-8-15(2,3)4)13-7-9-16(5)11-14(16)10-13/h13-14H,1,6-11H2,2-5H3. The molecule has 3 atom stereocenters. The van der Waals surface area contributed by atoms with Gasteiger partial charge < -0.3 is 0 Å². The van der Waals surface area contributed by atoms with Crippen LogP contribution < -0.4 is 0 Å². The van der Waals surface area contributed by atoms with Crippen molar-refractivity contribution in [1.82, 2.24) is 0 Å². The molecule has 92 valence electrons. The van der Waals surface area contributed by atoms with Crippen LogP contribution in [-0.2, 0) is 0 Å². The Hall–Kier alpha value is -0.260. The van der Waals surface area contributed by atoms with E-state index in [0.29, 0.717) is 5.41 Å². The molecule has 0 saturated heterocycles. The highest BCUT2D eigenvalue weighted by Gasteiger charge is 2.52. The second-order valence-electron chi connectivity index (χ2n) is 7.75. The third kappa shape index (κ3) is 2.70. The Labute approximate surface area is 102 Å². The summed E-state index contributed by atoms with van der Waals surface area (Å²) in [5.74, 6) is 1.89. The second-order valence-corrected chi connectivity index (χ2v) is 7.75. The van der Waals surface area contributed by atoms with Gasteiger partial charge in [-0.3, -0.25) is 0 Å². The fraction of sp³-hybridized carbons (Fsp3) is 0.875. The average molecular weight is 220 g/mol. The lowest BCUT2D eigenvalue weighted by Gasteiger charge is -2.29. The molecule has 0 nitrogen and oxygen atoms in total. The maximum absolute atomic E-state index is 4.36. The molecular weight excluding hydrogens is 192 g/mol. The molecule has 0 aromatic carbocycles. The first-order valence-corrected chi connectivity index (χ1v) is 6.98. The van der Waals surface area contributed by atoms with Gasteiger partial charge in [-0.25, -0.2) is 0 Å².